The molecule has 0 spiro atoms. The molecule has 124 valence electrons. The fourth-order valence-electron chi connectivity index (χ4n) is 3.95. The van der Waals surface area contributed by atoms with Crippen LogP contribution < -0.4 is 10.6 Å². The summed E-state index contributed by atoms with van der Waals surface area (Å²) in [6.07, 6.45) is 3.45. The highest BCUT2D eigenvalue weighted by atomic mass is 16.2. The minimum Gasteiger partial charge on any atom is -0.354 e. The van der Waals surface area contributed by atoms with Crippen LogP contribution in [0.15, 0.2) is 12.1 Å². The zero-order valence-corrected chi connectivity index (χ0v) is 13.8. The lowest BCUT2D eigenvalue weighted by atomic mass is 9.80. The molecule has 2 fully saturated rings. The number of hydrogen-bond acceptors (Lipinski definition) is 4. The van der Waals surface area contributed by atoms with Crippen LogP contribution in [0.5, 0.6) is 0 Å². The van der Waals surface area contributed by atoms with Crippen molar-refractivity contribution >= 4 is 17.8 Å². The van der Waals surface area contributed by atoms with Crippen LogP contribution in [0.2, 0.25) is 0 Å². The Kier molecular flexibility index (Phi) is 3.95. The molecule has 0 unspecified atom stereocenters. The monoisotopic (exact) mass is 317 g/mol. The molecule has 0 bridgehead atoms. The fourth-order valence-corrected chi connectivity index (χ4v) is 3.95. The van der Waals surface area contributed by atoms with E-state index in [2.05, 4.69) is 34.7 Å². The number of aromatic nitrogens is 2. The predicted molar refractivity (Wildman–Crippen MR) is 86.1 cm³/mol. The molecule has 1 saturated carbocycles. The molecule has 2 heterocycles. The van der Waals surface area contributed by atoms with Gasteiger partial charge in [0.15, 0.2) is 11.5 Å². The third kappa shape index (κ3) is 2.87. The molecule has 23 heavy (non-hydrogen) atoms. The molecule has 0 radical (unpaired) electrons. The van der Waals surface area contributed by atoms with E-state index in [0.29, 0.717) is 17.8 Å². The van der Waals surface area contributed by atoms with Crippen molar-refractivity contribution in [1.29, 1.82) is 0 Å². The number of amides is 3. The molecule has 7 nitrogen and oxygen atoms in total. The normalized spacial score (nSPS) is 25.1. The topological polar surface area (TPSA) is 87.2 Å². The van der Waals surface area contributed by atoms with Crippen molar-refractivity contribution in [1.82, 2.24) is 20.4 Å². The first-order valence-corrected chi connectivity index (χ1v) is 8.06. The average molecular weight is 317 g/mol. The summed E-state index contributed by atoms with van der Waals surface area (Å²) in [5, 5.41) is 13.0. The summed E-state index contributed by atoms with van der Waals surface area (Å²) < 4.78 is 0. The smallest absolute Gasteiger partial charge is 0.323 e. The van der Waals surface area contributed by atoms with Gasteiger partial charge in [0, 0.05) is 19.6 Å². The molecular formula is C16H23N5O2. The Balaban J connectivity index is 1.69. The number of nitrogens with one attached hydrogen (secondary N) is 2. The highest BCUT2D eigenvalue weighted by Gasteiger charge is 2.50. The molecule has 1 aliphatic heterocycles. The Morgan fingerprint density at radius 3 is 2.70 bits per heavy atom. The highest BCUT2D eigenvalue weighted by Crippen LogP contribution is 2.48. The summed E-state index contributed by atoms with van der Waals surface area (Å²) in [4.78, 5) is 26.0. The maximum Gasteiger partial charge on any atom is 0.323 e. The number of hydrogen-bond donors (Lipinski definition) is 2. The number of anilines is 1. The zero-order chi connectivity index (χ0) is 16.6. The Bertz CT molecular complexity index is 613. The molecule has 1 aliphatic carbocycles. The van der Waals surface area contributed by atoms with Gasteiger partial charge < -0.3 is 10.2 Å². The number of urea groups is 1. The number of carbonyl (C=O) groups excluding carboxylic acids is 2. The maximum atomic E-state index is 12.6. The summed E-state index contributed by atoms with van der Waals surface area (Å²) in [6, 6.07) is 3.34. The number of likely N-dealkylation sites (tertiary alicyclic amines) is 1. The van der Waals surface area contributed by atoms with E-state index in [9.17, 15) is 9.59 Å². The third-order valence-corrected chi connectivity index (χ3v) is 5.08. The summed E-state index contributed by atoms with van der Waals surface area (Å²) in [7, 11) is 1.53. The number of fused-ring (bicyclic) bond motifs is 1. The van der Waals surface area contributed by atoms with Crippen LogP contribution in [0.1, 0.15) is 43.6 Å². The minimum absolute atomic E-state index is 0.130. The Morgan fingerprint density at radius 2 is 2.04 bits per heavy atom. The third-order valence-electron chi connectivity index (χ3n) is 5.08. The van der Waals surface area contributed by atoms with Crippen LogP contribution in [-0.2, 0) is 0 Å². The molecule has 3 rings (SSSR count). The van der Waals surface area contributed by atoms with Gasteiger partial charge in [0.2, 0.25) is 0 Å². The van der Waals surface area contributed by atoms with E-state index in [4.69, 9.17) is 0 Å². The van der Waals surface area contributed by atoms with Crippen LogP contribution in [0.3, 0.4) is 0 Å². The quantitative estimate of drug-likeness (QED) is 0.872. The standard InChI is InChI=1S/C16H23N5O2/c1-16(2)9-21(12-6-4-5-10(12)16)15(23)18-13-8-7-11(19-20-13)14(22)17-3/h7-8,10,12H,4-6,9H2,1-3H3,(H,17,22)(H,18,20,23)/t10-,12+/m1/s1. The van der Waals surface area contributed by atoms with Crippen molar-refractivity contribution in [3.8, 4) is 0 Å². The minimum atomic E-state index is -0.300. The van der Waals surface area contributed by atoms with E-state index < -0.39 is 0 Å². The Morgan fingerprint density at radius 1 is 1.26 bits per heavy atom. The summed E-state index contributed by atoms with van der Waals surface area (Å²) in [5.41, 5.74) is 0.386. The van der Waals surface area contributed by atoms with Crippen molar-refractivity contribution < 1.29 is 9.59 Å². The van der Waals surface area contributed by atoms with E-state index >= 15 is 0 Å². The molecule has 1 saturated heterocycles. The molecule has 3 amide bonds. The lowest BCUT2D eigenvalue weighted by Crippen LogP contribution is -2.39. The van der Waals surface area contributed by atoms with Gasteiger partial charge in [-0.1, -0.05) is 20.3 Å². The van der Waals surface area contributed by atoms with Gasteiger partial charge in [-0.2, -0.15) is 0 Å². The van der Waals surface area contributed by atoms with Crippen molar-refractivity contribution in [2.75, 3.05) is 18.9 Å². The molecule has 7 heteroatoms. The predicted octanol–water partition coefficient (Wildman–Crippen LogP) is 1.88. The molecular weight excluding hydrogens is 294 g/mol. The zero-order valence-electron chi connectivity index (χ0n) is 13.8. The van der Waals surface area contributed by atoms with E-state index in [-0.39, 0.29) is 23.0 Å². The van der Waals surface area contributed by atoms with Gasteiger partial charge in [0.25, 0.3) is 5.91 Å². The Labute approximate surface area is 135 Å². The van der Waals surface area contributed by atoms with Gasteiger partial charge in [-0.15, -0.1) is 10.2 Å². The number of carbonyl (C=O) groups is 2. The number of rotatable bonds is 2. The van der Waals surface area contributed by atoms with E-state index in [1.807, 2.05) is 4.90 Å². The van der Waals surface area contributed by atoms with Crippen LogP contribution in [0, 0.1) is 11.3 Å². The van der Waals surface area contributed by atoms with Crippen LogP contribution in [0.25, 0.3) is 0 Å². The van der Waals surface area contributed by atoms with Gasteiger partial charge in [0.05, 0.1) is 0 Å². The van der Waals surface area contributed by atoms with Gasteiger partial charge in [-0.05, 0) is 36.3 Å². The van der Waals surface area contributed by atoms with E-state index in [1.54, 1.807) is 12.1 Å². The second-order valence-electron chi connectivity index (χ2n) is 7.03. The first-order valence-electron chi connectivity index (χ1n) is 8.06. The van der Waals surface area contributed by atoms with Crippen LogP contribution in [0.4, 0.5) is 10.6 Å². The second-order valence-corrected chi connectivity index (χ2v) is 7.03. The van der Waals surface area contributed by atoms with E-state index in [0.717, 1.165) is 13.0 Å². The SMILES string of the molecule is CNC(=O)c1ccc(NC(=O)N2CC(C)(C)[C@@H]3CCC[C@@H]32)nn1. The first kappa shape index (κ1) is 15.7. The maximum absolute atomic E-state index is 12.6. The lowest BCUT2D eigenvalue weighted by molar-refractivity contribution is 0.0957. The molecule has 2 aliphatic rings. The Hall–Kier alpha value is -2.18. The number of nitrogens with zero attached hydrogens (tertiary/aromatic N) is 3. The van der Waals surface area contributed by atoms with Crippen molar-refractivity contribution in [3.05, 3.63) is 17.8 Å². The van der Waals surface area contributed by atoms with Crippen molar-refractivity contribution in [3.63, 3.8) is 0 Å². The van der Waals surface area contributed by atoms with Gasteiger partial charge in [-0.3, -0.25) is 10.1 Å². The van der Waals surface area contributed by atoms with Crippen LogP contribution in [-0.4, -0.2) is 46.7 Å². The largest absolute Gasteiger partial charge is 0.354 e. The lowest BCUT2D eigenvalue weighted by Gasteiger charge is -2.24. The fraction of sp³-hybridized carbons (Fsp3) is 0.625. The summed E-state index contributed by atoms with van der Waals surface area (Å²) >= 11 is 0. The second kappa shape index (κ2) is 5.79. The summed E-state index contributed by atoms with van der Waals surface area (Å²) in [5.74, 6) is 0.641. The van der Waals surface area contributed by atoms with Gasteiger partial charge >= 0.3 is 6.03 Å². The van der Waals surface area contributed by atoms with Crippen molar-refractivity contribution in [2.45, 2.75) is 39.2 Å². The van der Waals surface area contributed by atoms with Crippen LogP contribution >= 0.6 is 0 Å². The van der Waals surface area contributed by atoms with E-state index in [1.165, 1.54) is 19.9 Å². The van der Waals surface area contributed by atoms with Gasteiger partial charge in [0.1, 0.15) is 0 Å². The van der Waals surface area contributed by atoms with Crippen molar-refractivity contribution in [2.24, 2.45) is 11.3 Å². The average Bonchev–Trinajstić information content (AvgIpc) is 3.10. The molecule has 1 aromatic rings. The van der Waals surface area contributed by atoms with Gasteiger partial charge in [-0.25, -0.2) is 4.79 Å². The molecule has 2 atom stereocenters. The highest BCUT2D eigenvalue weighted by molar-refractivity contribution is 5.92. The molecule has 0 aromatic carbocycles. The molecule has 2 N–H and O–H groups in total. The first-order chi connectivity index (χ1) is 10.9. The molecule has 1 aromatic heterocycles. The summed E-state index contributed by atoms with van der Waals surface area (Å²) in [6.45, 7) is 5.24.